The molecule has 342 valence electrons. The van der Waals surface area contributed by atoms with Gasteiger partial charge in [-0.3, -0.25) is 28.8 Å². The van der Waals surface area contributed by atoms with Crippen LogP contribution in [0.5, 0.6) is 0 Å². The summed E-state index contributed by atoms with van der Waals surface area (Å²) >= 11 is 0. The smallest absolute Gasteiger partial charge is 0.247 e. The van der Waals surface area contributed by atoms with E-state index >= 15 is 0 Å². The van der Waals surface area contributed by atoms with Gasteiger partial charge in [-0.2, -0.15) is 0 Å². The third-order valence-corrected chi connectivity index (χ3v) is 11.9. The molecule has 6 aromatic rings. The number of benzene rings is 6. The molecule has 0 atom stereocenters. The molecule has 1 aliphatic rings. The Hall–Kier alpha value is -7.20. The minimum atomic E-state index is -0.561. The molecule has 15 heteroatoms. The summed E-state index contributed by atoms with van der Waals surface area (Å²) in [7, 11) is 0. The summed E-state index contributed by atoms with van der Waals surface area (Å²) in [5.41, 5.74) is 19.2. The van der Waals surface area contributed by atoms with Crippen LogP contribution in [0.25, 0.3) is 32.3 Å². The van der Waals surface area contributed by atoms with E-state index in [2.05, 4.69) is 0 Å². The Morgan fingerprint density at radius 3 is 1.15 bits per heavy atom. The van der Waals surface area contributed by atoms with E-state index in [1.807, 2.05) is 91.0 Å². The summed E-state index contributed by atoms with van der Waals surface area (Å²) in [6.45, 7) is -1.89. The van der Waals surface area contributed by atoms with Crippen LogP contribution in [-0.4, -0.2) is 129 Å². The molecule has 0 radical (unpaired) electrons. The molecule has 6 N–H and O–H groups in total. The van der Waals surface area contributed by atoms with Gasteiger partial charge in [0.05, 0.1) is 11.4 Å². The van der Waals surface area contributed by atoms with E-state index in [0.29, 0.717) is 47.1 Å². The van der Waals surface area contributed by atoms with Crippen molar-refractivity contribution in [3.8, 4) is 0 Å². The van der Waals surface area contributed by atoms with Gasteiger partial charge < -0.3 is 46.6 Å². The Labute approximate surface area is 384 Å². The fraction of sp³-hybridized carbons (Fsp3) is 0.294. The first-order valence-corrected chi connectivity index (χ1v) is 22.4. The minimum Gasteiger partial charge on any atom is -0.332 e. The van der Waals surface area contributed by atoms with E-state index < -0.39 is 74.7 Å². The van der Waals surface area contributed by atoms with Crippen molar-refractivity contribution in [2.24, 2.45) is 17.2 Å². The van der Waals surface area contributed by atoms with Crippen LogP contribution in [0.15, 0.2) is 127 Å². The zero-order chi connectivity index (χ0) is 46.6. The summed E-state index contributed by atoms with van der Waals surface area (Å²) in [6.07, 6.45) is 1.04. The van der Waals surface area contributed by atoms with E-state index in [1.54, 1.807) is 36.4 Å². The van der Waals surface area contributed by atoms with Crippen LogP contribution >= 0.6 is 0 Å². The molecular formula is C51H57N9O6. The Morgan fingerprint density at radius 2 is 0.712 bits per heavy atom. The van der Waals surface area contributed by atoms with Gasteiger partial charge in [-0.25, -0.2) is 0 Å². The lowest BCUT2D eigenvalue weighted by molar-refractivity contribution is -0.138. The quantitative estimate of drug-likeness (QED) is 0.162. The van der Waals surface area contributed by atoms with Crippen LogP contribution in [0.2, 0.25) is 0 Å². The second kappa shape index (κ2) is 22.1. The number of hydrogen-bond donors (Lipinski definition) is 3. The summed E-state index contributed by atoms with van der Waals surface area (Å²) in [4.78, 5) is 96.9. The monoisotopic (exact) mass is 891 g/mol. The van der Waals surface area contributed by atoms with E-state index in [1.165, 1.54) is 29.4 Å². The molecule has 1 saturated heterocycles. The van der Waals surface area contributed by atoms with E-state index in [-0.39, 0.29) is 39.3 Å². The summed E-state index contributed by atoms with van der Waals surface area (Å²) in [5.74, 6) is -3.30. The molecule has 0 unspecified atom stereocenters. The van der Waals surface area contributed by atoms with Crippen LogP contribution in [0, 0.1) is 0 Å². The second-order valence-electron chi connectivity index (χ2n) is 16.3. The summed E-state index contributed by atoms with van der Waals surface area (Å²) in [6, 6.07) is 38.8. The van der Waals surface area contributed by atoms with Crippen LogP contribution in [-0.2, 0) is 28.8 Å². The lowest BCUT2D eigenvalue weighted by Crippen LogP contribution is -2.54. The zero-order valence-corrected chi connectivity index (χ0v) is 37.1. The number of anilines is 3. The number of nitrogens with two attached hydrogens (primary N) is 3. The number of hydrogen-bond acceptors (Lipinski definition) is 9. The van der Waals surface area contributed by atoms with Crippen molar-refractivity contribution in [1.29, 1.82) is 0 Å². The maximum absolute atomic E-state index is 14.9. The van der Waals surface area contributed by atoms with Crippen LogP contribution in [0.4, 0.5) is 17.1 Å². The average molecular weight is 892 g/mol. The number of nitrogens with zero attached hydrogens (tertiary/aromatic N) is 6. The van der Waals surface area contributed by atoms with Crippen molar-refractivity contribution in [1.82, 2.24) is 14.7 Å². The average Bonchev–Trinajstić information content (AvgIpc) is 3.34. The van der Waals surface area contributed by atoms with E-state index in [0.717, 1.165) is 21.5 Å². The number of amides is 6. The molecular weight excluding hydrogens is 835 g/mol. The van der Waals surface area contributed by atoms with E-state index in [4.69, 9.17) is 17.2 Å². The van der Waals surface area contributed by atoms with Gasteiger partial charge in [-0.15, -0.1) is 0 Å². The lowest BCUT2D eigenvalue weighted by atomic mass is 10.1. The predicted octanol–water partition coefficient (Wildman–Crippen LogP) is 4.09. The highest BCUT2D eigenvalue weighted by Gasteiger charge is 2.33. The van der Waals surface area contributed by atoms with Gasteiger partial charge in [0.15, 0.2) is 0 Å². The predicted molar refractivity (Wildman–Crippen MR) is 260 cm³/mol. The van der Waals surface area contributed by atoms with Crippen LogP contribution in [0.1, 0.15) is 19.3 Å². The first kappa shape index (κ1) is 46.8. The molecule has 15 nitrogen and oxygen atoms in total. The van der Waals surface area contributed by atoms with E-state index in [9.17, 15) is 28.8 Å². The highest BCUT2D eigenvalue weighted by atomic mass is 16.2. The van der Waals surface area contributed by atoms with Crippen molar-refractivity contribution >= 4 is 84.8 Å². The largest absolute Gasteiger partial charge is 0.332 e. The molecule has 0 bridgehead atoms. The molecule has 1 heterocycles. The highest BCUT2D eigenvalue weighted by Crippen LogP contribution is 2.30. The minimum absolute atomic E-state index is 0.0822. The second-order valence-corrected chi connectivity index (χ2v) is 16.3. The van der Waals surface area contributed by atoms with Gasteiger partial charge in [-0.1, -0.05) is 103 Å². The molecule has 0 spiro atoms. The van der Waals surface area contributed by atoms with Crippen molar-refractivity contribution in [3.05, 3.63) is 127 Å². The molecule has 1 aliphatic heterocycles. The Balaban J connectivity index is 1.37. The van der Waals surface area contributed by atoms with Crippen LogP contribution in [0.3, 0.4) is 0 Å². The third kappa shape index (κ3) is 11.0. The molecule has 7 rings (SSSR count). The highest BCUT2D eigenvalue weighted by molar-refractivity contribution is 6.11. The Bertz CT molecular complexity index is 2630. The van der Waals surface area contributed by atoms with Crippen molar-refractivity contribution in [3.63, 3.8) is 0 Å². The maximum atomic E-state index is 14.9. The number of carbonyl (C=O) groups is 6. The van der Waals surface area contributed by atoms with Gasteiger partial charge in [-0.05, 0) is 84.7 Å². The van der Waals surface area contributed by atoms with Crippen molar-refractivity contribution in [2.45, 2.75) is 19.3 Å². The van der Waals surface area contributed by atoms with Gasteiger partial charge in [0.2, 0.25) is 35.4 Å². The fourth-order valence-electron chi connectivity index (χ4n) is 8.34. The summed E-state index contributed by atoms with van der Waals surface area (Å²) < 4.78 is 0. The molecule has 0 saturated carbocycles. The molecule has 66 heavy (non-hydrogen) atoms. The van der Waals surface area contributed by atoms with Crippen LogP contribution < -0.4 is 31.9 Å². The Kier molecular flexibility index (Phi) is 15.7. The lowest BCUT2D eigenvalue weighted by Gasteiger charge is -2.34. The van der Waals surface area contributed by atoms with Crippen molar-refractivity contribution in [2.75, 3.05) is 93.2 Å². The zero-order valence-electron chi connectivity index (χ0n) is 37.1. The molecule has 1 fully saturated rings. The topological polar surface area (TPSA) is 200 Å². The first-order valence-electron chi connectivity index (χ1n) is 22.4. The van der Waals surface area contributed by atoms with Gasteiger partial charge in [0.1, 0.15) is 39.3 Å². The van der Waals surface area contributed by atoms with Gasteiger partial charge >= 0.3 is 0 Å². The maximum Gasteiger partial charge on any atom is 0.247 e. The number of carbonyl (C=O) groups excluding carboxylic acids is 6. The SMILES string of the molecule is NCCCN1CC(=O)N(c2ccc3ccccc3c2)CC(=O)N(CCCN)CC(=O)N(c2cccc3ccccc23)CC(=O)N(CCCN)CC(=O)N(c2cccc3ccccc23)CC1=O. The van der Waals surface area contributed by atoms with Gasteiger partial charge in [0.25, 0.3) is 0 Å². The normalized spacial score (nSPS) is 15.7. The summed E-state index contributed by atoms with van der Waals surface area (Å²) in [5, 5.41) is 4.77. The molecule has 0 aliphatic carbocycles. The number of fused-ring (bicyclic) bond motifs is 3. The van der Waals surface area contributed by atoms with Crippen molar-refractivity contribution < 1.29 is 28.8 Å². The fourth-order valence-corrected chi connectivity index (χ4v) is 8.34. The first-order chi connectivity index (χ1) is 32.1. The molecule has 0 aromatic heterocycles. The standard InChI is InChI=1S/C51H57N9O6/c52-24-9-27-55-31-49(64)58(41-23-22-37-12-1-2-15-40(37)30-41)34-46(61)56(28-10-25-53)32-50(65)60(45-21-8-17-39-14-4-6-19-43(39)45)36-48(63)57(29-11-26-54)33-51(66)59(35-47(55)62)44-20-7-16-38-13-3-5-18-42(38)44/h1-8,12-23,30H,9-11,24-29,31-36,52-54H2. The Morgan fingerprint density at radius 1 is 0.348 bits per heavy atom. The molecule has 6 amide bonds. The molecule has 6 aromatic carbocycles. The number of rotatable bonds is 12. The van der Waals surface area contributed by atoms with Gasteiger partial charge in [0, 0.05) is 36.1 Å². The third-order valence-electron chi connectivity index (χ3n) is 11.9.